The van der Waals surface area contributed by atoms with Crippen LogP contribution in [-0.4, -0.2) is 34.8 Å². The molecule has 2 amide bonds. The Morgan fingerprint density at radius 1 is 1.11 bits per heavy atom. The summed E-state index contributed by atoms with van der Waals surface area (Å²) in [4.78, 5) is 30.5. The zero-order valence-corrected chi connectivity index (χ0v) is 16.7. The maximum absolute atomic E-state index is 12.7. The van der Waals surface area contributed by atoms with E-state index in [9.17, 15) is 9.59 Å². The highest BCUT2D eigenvalue weighted by Crippen LogP contribution is 2.33. The van der Waals surface area contributed by atoms with E-state index in [4.69, 9.17) is 4.98 Å². The van der Waals surface area contributed by atoms with Crippen molar-refractivity contribution in [3.63, 3.8) is 0 Å². The Labute approximate surface area is 168 Å². The van der Waals surface area contributed by atoms with Crippen molar-refractivity contribution in [3.8, 4) is 0 Å². The van der Waals surface area contributed by atoms with Gasteiger partial charge in [0, 0.05) is 31.6 Å². The number of piperidine rings is 1. The second-order valence-corrected chi connectivity index (χ2v) is 8.29. The predicted octanol–water partition coefficient (Wildman–Crippen LogP) is 4.20. The van der Waals surface area contributed by atoms with E-state index in [-0.39, 0.29) is 11.8 Å². The van der Waals surface area contributed by atoms with Crippen molar-refractivity contribution in [1.82, 2.24) is 9.88 Å². The normalized spacial score (nSPS) is 15.0. The Morgan fingerprint density at radius 3 is 2.50 bits per heavy atom. The molecule has 1 N–H and O–H groups in total. The van der Waals surface area contributed by atoms with E-state index in [1.807, 2.05) is 41.3 Å². The summed E-state index contributed by atoms with van der Waals surface area (Å²) in [6.07, 6.45) is 2.33. The van der Waals surface area contributed by atoms with Crippen LogP contribution in [-0.2, 0) is 16.0 Å². The van der Waals surface area contributed by atoms with E-state index >= 15 is 0 Å². The molecule has 6 heteroatoms. The van der Waals surface area contributed by atoms with Gasteiger partial charge >= 0.3 is 0 Å². The summed E-state index contributed by atoms with van der Waals surface area (Å²) in [7, 11) is 0. The van der Waals surface area contributed by atoms with Gasteiger partial charge in [-0.05, 0) is 42.7 Å². The SMILES string of the molecule is CC(=O)Nc1ccc(CC(=O)N2CCC(c3nc4ccccc4s3)CC2)cc1. The molecule has 1 aliphatic rings. The van der Waals surface area contributed by atoms with E-state index < -0.39 is 0 Å². The van der Waals surface area contributed by atoms with Gasteiger partial charge in [0.05, 0.1) is 21.6 Å². The van der Waals surface area contributed by atoms with E-state index in [0.29, 0.717) is 12.3 Å². The highest BCUT2D eigenvalue weighted by Gasteiger charge is 2.25. The molecule has 5 nitrogen and oxygen atoms in total. The number of thiazole rings is 1. The van der Waals surface area contributed by atoms with Gasteiger partial charge in [0.25, 0.3) is 0 Å². The van der Waals surface area contributed by atoms with E-state index in [2.05, 4.69) is 17.4 Å². The van der Waals surface area contributed by atoms with Crippen LogP contribution in [0, 0.1) is 0 Å². The molecule has 4 rings (SSSR count). The molecule has 0 saturated carbocycles. The van der Waals surface area contributed by atoms with Crippen molar-refractivity contribution >= 4 is 39.1 Å². The molecular weight excluding hydrogens is 370 g/mol. The molecule has 2 aromatic carbocycles. The van der Waals surface area contributed by atoms with Crippen LogP contribution in [0.25, 0.3) is 10.2 Å². The summed E-state index contributed by atoms with van der Waals surface area (Å²) in [5.74, 6) is 0.508. The number of benzene rings is 2. The lowest BCUT2D eigenvalue weighted by Gasteiger charge is -2.31. The van der Waals surface area contributed by atoms with Crippen LogP contribution in [0.2, 0.25) is 0 Å². The summed E-state index contributed by atoms with van der Waals surface area (Å²) in [6, 6.07) is 15.7. The number of carbonyl (C=O) groups excluding carboxylic acids is 2. The van der Waals surface area contributed by atoms with Gasteiger partial charge in [-0.1, -0.05) is 24.3 Å². The van der Waals surface area contributed by atoms with Crippen molar-refractivity contribution in [2.75, 3.05) is 18.4 Å². The van der Waals surface area contributed by atoms with Crippen LogP contribution in [0.1, 0.15) is 36.3 Å². The largest absolute Gasteiger partial charge is 0.342 e. The van der Waals surface area contributed by atoms with Gasteiger partial charge in [-0.2, -0.15) is 0 Å². The number of carbonyl (C=O) groups is 2. The molecule has 2 heterocycles. The molecule has 0 radical (unpaired) electrons. The van der Waals surface area contributed by atoms with Gasteiger partial charge in [0.1, 0.15) is 0 Å². The Hall–Kier alpha value is -2.73. The molecule has 144 valence electrons. The standard InChI is InChI=1S/C22H23N3O2S/c1-15(26)23-18-8-6-16(7-9-18)14-21(27)25-12-10-17(11-13-25)22-24-19-4-2-3-5-20(19)28-22/h2-9,17H,10-14H2,1H3,(H,23,26). The minimum atomic E-state index is -0.0974. The zero-order valence-electron chi connectivity index (χ0n) is 15.9. The summed E-state index contributed by atoms with van der Waals surface area (Å²) < 4.78 is 1.23. The van der Waals surface area contributed by atoms with Crippen molar-refractivity contribution in [3.05, 3.63) is 59.1 Å². The smallest absolute Gasteiger partial charge is 0.226 e. The lowest BCUT2D eigenvalue weighted by Crippen LogP contribution is -2.38. The third kappa shape index (κ3) is 4.22. The van der Waals surface area contributed by atoms with Crippen LogP contribution in [0.4, 0.5) is 5.69 Å². The molecular formula is C22H23N3O2S. The summed E-state index contributed by atoms with van der Waals surface area (Å²) >= 11 is 1.78. The minimum Gasteiger partial charge on any atom is -0.342 e. The quantitative estimate of drug-likeness (QED) is 0.722. The molecule has 28 heavy (non-hydrogen) atoms. The van der Waals surface area contributed by atoms with Crippen molar-refractivity contribution in [2.24, 2.45) is 0 Å². The first-order valence-electron chi connectivity index (χ1n) is 9.58. The summed E-state index contributed by atoms with van der Waals surface area (Å²) in [5, 5.41) is 3.94. The fraction of sp³-hybridized carbons (Fsp3) is 0.318. The number of rotatable bonds is 4. The Balaban J connectivity index is 1.33. The number of anilines is 1. The highest BCUT2D eigenvalue weighted by molar-refractivity contribution is 7.18. The number of hydrogen-bond acceptors (Lipinski definition) is 4. The maximum Gasteiger partial charge on any atom is 0.226 e. The number of para-hydroxylation sites is 1. The summed E-state index contributed by atoms with van der Waals surface area (Å²) in [5.41, 5.74) is 2.79. The van der Waals surface area contributed by atoms with Crippen molar-refractivity contribution in [1.29, 1.82) is 0 Å². The molecule has 0 spiro atoms. The van der Waals surface area contributed by atoms with Crippen LogP contribution in [0.5, 0.6) is 0 Å². The lowest BCUT2D eigenvalue weighted by molar-refractivity contribution is -0.131. The van der Waals surface area contributed by atoms with Crippen molar-refractivity contribution < 1.29 is 9.59 Å². The molecule has 3 aromatic rings. The first-order valence-corrected chi connectivity index (χ1v) is 10.4. The number of aromatic nitrogens is 1. The Kier molecular flexibility index (Phi) is 5.39. The Bertz CT molecular complexity index is 955. The van der Waals surface area contributed by atoms with Crippen molar-refractivity contribution in [2.45, 2.75) is 32.1 Å². The fourth-order valence-corrected chi connectivity index (χ4v) is 4.77. The van der Waals surface area contributed by atoms with Crippen LogP contribution >= 0.6 is 11.3 Å². The maximum atomic E-state index is 12.7. The zero-order chi connectivity index (χ0) is 19.5. The lowest BCUT2D eigenvalue weighted by atomic mass is 9.97. The number of likely N-dealkylation sites (tertiary alicyclic amines) is 1. The van der Waals surface area contributed by atoms with Gasteiger partial charge in [-0.15, -0.1) is 11.3 Å². The predicted molar refractivity (Wildman–Crippen MR) is 113 cm³/mol. The molecule has 0 aliphatic carbocycles. The number of nitrogens with zero attached hydrogens (tertiary/aromatic N) is 2. The van der Waals surface area contributed by atoms with Gasteiger partial charge in [-0.25, -0.2) is 4.98 Å². The molecule has 1 aliphatic heterocycles. The minimum absolute atomic E-state index is 0.0974. The molecule has 1 aromatic heterocycles. The topological polar surface area (TPSA) is 62.3 Å². The second-order valence-electron chi connectivity index (χ2n) is 7.23. The number of amides is 2. The Morgan fingerprint density at radius 2 is 1.82 bits per heavy atom. The van der Waals surface area contributed by atoms with Crippen LogP contribution < -0.4 is 5.32 Å². The molecule has 0 bridgehead atoms. The number of fused-ring (bicyclic) bond motifs is 1. The van der Waals surface area contributed by atoms with E-state index in [1.54, 1.807) is 11.3 Å². The highest BCUT2D eigenvalue weighted by atomic mass is 32.1. The van der Waals surface area contributed by atoms with Crippen LogP contribution in [0.3, 0.4) is 0 Å². The fourth-order valence-electron chi connectivity index (χ4n) is 3.64. The molecule has 1 fully saturated rings. The number of nitrogens with one attached hydrogen (secondary N) is 1. The average Bonchev–Trinajstić information content (AvgIpc) is 3.13. The summed E-state index contributed by atoms with van der Waals surface area (Å²) in [6.45, 7) is 3.04. The first-order chi connectivity index (χ1) is 13.6. The second kappa shape index (κ2) is 8.10. The monoisotopic (exact) mass is 393 g/mol. The van der Waals surface area contributed by atoms with Gasteiger partial charge < -0.3 is 10.2 Å². The third-order valence-electron chi connectivity index (χ3n) is 5.14. The van der Waals surface area contributed by atoms with E-state index in [0.717, 1.165) is 42.7 Å². The van der Waals surface area contributed by atoms with E-state index in [1.165, 1.54) is 16.6 Å². The first kappa shape index (κ1) is 18.6. The average molecular weight is 394 g/mol. The van der Waals surface area contributed by atoms with Gasteiger partial charge in [-0.3, -0.25) is 9.59 Å². The molecule has 1 saturated heterocycles. The molecule has 0 unspecified atom stereocenters. The van der Waals surface area contributed by atoms with Crippen LogP contribution in [0.15, 0.2) is 48.5 Å². The molecule has 0 atom stereocenters. The van der Waals surface area contributed by atoms with Gasteiger partial charge in [0.2, 0.25) is 11.8 Å². The number of hydrogen-bond donors (Lipinski definition) is 1. The third-order valence-corrected chi connectivity index (χ3v) is 6.34. The van der Waals surface area contributed by atoms with Gasteiger partial charge in [0.15, 0.2) is 0 Å².